The Morgan fingerprint density at radius 1 is 0.384 bits per heavy atom. The normalized spacial score (nSPS) is 13.5. The predicted molar refractivity (Wildman–Crippen MR) is 297 cm³/mol. The summed E-state index contributed by atoms with van der Waals surface area (Å²) in [6.45, 7) is 0.752. The van der Waals surface area contributed by atoms with Crippen LogP contribution in [0.3, 0.4) is 0 Å². The maximum atomic E-state index is 5.28. The van der Waals surface area contributed by atoms with Crippen molar-refractivity contribution in [2.75, 3.05) is 6.54 Å². The molecule has 0 saturated heterocycles. The lowest BCUT2D eigenvalue weighted by atomic mass is 9.67. The molecule has 1 aliphatic heterocycles. The summed E-state index contributed by atoms with van der Waals surface area (Å²) in [6.07, 6.45) is 7.89. The van der Waals surface area contributed by atoms with Crippen LogP contribution in [0.5, 0.6) is 0 Å². The van der Waals surface area contributed by atoms with Crippen LogP contribution in [-0.4, -0.2) is 31.5 Å². The lowest BCUT2D eigenvalue weighted by Crippen LogP contribution is -2.37. The topological polar surface area (TPSA) is 76.5 Å². The van der Waals surface area contributed by atoms with Gasteiger partial charge in [-0.3, -0.25) is 15.0 Å². The highest BCUT2D eigenvalue weighted by Gasteiger charge is 2.47. The van der Waals surface area contributed by atoms with Gasteiger partial charge in [0.05, 0.1) is 44.6 Å². The molecule has 1 N–H and O–H groups in total. The third-order valence-electron chi connectivity index (χ3n) is 15.3. The Morgan fingerprint density at radius 2 is 0.904 bits per heavy atom. The first kappa shape index (κ1) is 41.2. The van der Waals surface area contributed by atoms with Crippen molar-refractivity contribution in [2.24, 2.45) is 0 Å². The number of benzene rings is 8. The van der Waals surface area contributed by atoms with E-state index in [1.54, 1.807) is 0 Å². The number of nitrogens with zero attached hydrogens (tertiary/aromatic N) is 5. The second kappa shape index (κ2) is 16.2. The van der Waals surface area contributed by atoms with Crippen LogP contribution in [0, 0.1) is 0 Å². The van der Waals surface area contributed by atoms with Crippen LogP contribution in [0.25, 0.3) is 111 Å². The maximum Gasteiger partial charge on any atom is 0.0972 e. The van der Waals surface area contributed by atoms with Gasteiger partial charge in [0.2, 0.25) is 0 Å². The van der Waals surface area contributed by atoms with E-state index in [2.05, 4.69) is 212 Å². The molecule has 13 aromatic rings. The van der Waals surface area contributed by atoms with Gasteiger partial charge in [-0.25, -0.2) is 9.97 Å². The van der Waals surface area contributed by atoms with Crippen LogP contribution < -0.4 is 15.8 Å². The van der Waals surface area contributed by atoms with Crippen molar-refractivity contribution in [1.29, 1.82) is 0 Å². The molecule has 8 aromatic carbocycles. The largest absolute Gasteiger partial charge is 0.381 e. The highest BCUT2D eigenvalue weighted by molar-refractivity contribution is 6.04. The van der Waals surface area contributed by atoms with Crippen molar-refractivity contribution in [2.45, 2.75) is 5.41 Å². The first-order valence-corrected chi connectivity index (χ1v) is 24.8. The fourth-order valence-corrected chi connectivity index (χ4v) is 11.8. The van der Waals surface area contributed by atoms with Crippen molar-refractivity contribution in [3.8, 4) is 44.9 Å². The van der Waals surface area contributed by atoms with E-state index in [4.69, 9.17) is 24.9 Å². The molecule has 5 aromatic heterocycles. The summed E-state index contributed by atoms with van der Waals surface area (Å²) >= 11 is 0. The minimum absolute atomic E-state index is 0.752. The first-order valence-electron chi connectivity index (χ1n) is 24.8. The summed E-state index contributed by atoms with van der Waals surface area (Å²) in [6, 6.07) is 76.9. The van der Waals surface area contributed by atoms with E-state index in [1.165, 1.54) is 32.7 Å². The van der Waals surface area contributed by atoms with Gasteiger partial charge in [-0.15, -0.1) is 0 Å². The van der Waals surface area contributed by atoms with Gasteiger partial charge in [0.1, 0.15) is 0 Å². The van der Waals surface area contributed by atoms with Crippen molar-refractivity contribution >= 4 is 66.2 Å². The van der Waals surface area contributed by atoms with E-state index < -0.39 is 5.41 Å². The number of rotatable bonds is 6. The molecule has 6 nitrogen and oxygen atoms in total. The Labute approximate surface area is 420 Å². The van der Waals surface area contributed by atoms with Crippen LogP contribution in [-0.2, 0) is 5.41 Å². The zero-order valence-electron chi connectivity index (χ0n) is 39.5. The van der Waals surface area contributed by atoms with Crippen LogP contribution in [0.4, 0.5) is 0 Å². The summed E-state index contributed by atoms with van der Waals surface area (Å²) in [5, 5.41) is 12.8. The molecule has 6 heterocycles. The molecular weight excluding hydrogens is 889 g/mol. The summed E-state index contributed by atoms with van der Waals surface area (Å²) in [7, 11) is 0. The third kappa shape index (κ3) is 6.40. The number of nitrogens with one attached hydrogen (secondary N) is 1. The molecular formula is C67H42N6. The van der Waals surface area contributed by atoms with E-state index in [0.717, 1.165) is 117 Å². The Kier molecular flexibility index (Phi) is 9.14. The van der Waals surface area contributed by atoms with Crippen molar-refractivity contribution in [1.82, 2.24) is 30.2 Å². The van der Waals surface area contributed by atoms with E-state index in [-0.39, 0.29) is 0 Å². The SMILES string of the molecule is C1=c2ccccc2=C(c2ccc3c(c2)C(c2ccc(-c4ccc5ccc6cccnc6c5n4)cc2)(c2ccc(-c4ccc5ccc6cccnc6c5n4)cc2)c2cc(-c4nccc5ccccc45)ccc2-3)NC1. The predicted octanol–water partition coefficient (Wildman–Crippen LogP) is 13.3. The Bertz CT molecular complexity index is 4390. The number of pyridine rings is 5. The fraction of sp³-hybridized carbons (Fsp3) is 0.0299. The number of fused-ring (bicyclic) bond motifs is 11. The molecule has 2 aliphatic rings. The average molecular weight is 931 g/mol. The van der Waals surface area contributed by atoms with Gasteiger partial charge in [-0.2, -0.15) is 0 Å². The molecule has 6 heteroatoms. The average Bonchev–Trinajstić information content (AvgIpc) is 3.76. The quantitative estimate of drug-likeness (QED) is 0.167. The van der Waals surface area contributed by atoms with E-state index in [0.29, 0.717) is 0 Å². The molecule has 0 atom stereocenters. The van der Waals surface area contributed by atoms with Gasteiger partial charge < -0.3 is 5.32 Å². The number of hydrogen-bond acceptors (Lipinski definition) is 6. The molecule has 1 aliphatic carbocycles. The third-order valence-corrected chi connectivity index (χ3v) is 15.3. The summed E-state index contributed by atoms with van der Waals surface area (Å²) < 4.78 is 0. The maximum absolute atomic E-state index is 5.28. The minimum Gasteiger partial charge on any atom is -0.381 e. The van der Waals surface area contributed by atoms with Crippen LogP contribution in [0.2, 0.25) is 0 Å². The highest BCUT2D eigenvalue weighted by Crippen LogP contribution is 2.57. The second-order valence-corrected chi connectivity index (χ2v) is 19.2. The molecule has 0 spiro atoms. The molecule has 0 amide bonds. The van der Waals surface area contributed by atoms with E-state index >= 15 is 0 Å². The van der Waals surface area contributed by atoms with Gasteiger partial charge in [-0.1, -0.05) is 176 Å². The Balaban J connectivity index is 0.979. The summed E-state index contributed by atoms with van der Waals surface area (Å²) in [5.74, 6) is 0. The molecule has 0 bridgehead atoms. The summed E-state index contributed by atoms with van der Waals surface area (Å²) in [4.78, 5) is 25.2. The van der Waals surface area contributed by atoms with Gasteiger partial charge in [-0.05, 0) is 92.0 Å². The zero-order chi connectivity index (χ0) is 48.0. The van der Waals surface area contributed by atoms with E-state index in [1.807, 2.05) is 30.7 Å². The van der Waals surface area contributed by atoms with Crippen LogP contribution in [0.15, 0.2) is 231 Å². The monoisotopic (exact) mass is 930 g/mol. The lowest BCUT2D eigenvalue weighted by molar-refractivity contribution is 0.768. The van der Waals surface area contributed by atoms with Crippen molar-refractivity contribution < 1.29 is 0 Å². The van der Waals surface area contributed by atoms with Gasteiger partial charge >= 0.3 is 0 Å². The molecule has 0 saturated carbocycles. The van der Waals surface area contributed by atoms with Crippen molar-refractivity contribution in [3.63, 3.8) is 0 Å². The Hall–Kier alpha value is -9.65. The highest BCUT2D eigenvalue weighted by atomic mass is 14.9. The van der Waals surface area contributed by atoms with Crippen LogP contribution in [0.1, 0.15) is 27.8 Å². The molecule has 0 unspecified atom stereocenters. The molecule has 0 fully saturated rings. The standard InChI is InChI=1S/C67H42N6/c1-3-11-53-41(7-1)33-37-70-61(53)49-21-29-55-56-30-22-50(62-54-12-4-2-8-42(54)34-38-71-62)40-58(56)67(57(55)39-49,51-25-17-43(18-26-51)59-31-23-47-15-13-45-9-5-35-68-63(45)65(47)72-59)52-27-19-44(20-28-52)60-32-24-48-16-14-46-10-6-36-69-64(46)66(48)73-60/h1-37,39-40,71H,38H2. The van der Waals surface area contributed by atoms with Gasteiger partial charge in [0, 0.05) is 79.7 Å². The molecule has 340 valence electrons. The van der Waals surface area contributed by atoms with Gasteiger partial charge in [0.25, 0.3) is 0 Å². The smallest absolute Gasteiger partial charge is 0.0972 e. The number of hydrogen-bond donors (Lipinski definition) is 1. The fourth-order valence-electron chi connectivity index (χ4n) is 11.8. The molecule has 73 heavy (non-hydrogen) atoms. The molecule has 15 rings (SSSR count). The summed E-state index contributed by atoms with van der Waals surface area (Å²) in [5.41, 5.74) is 18.1. The molecule has 0 radical (unpaired) electrons. The minimum atomic E-state index is -0.771. The number of aromatic nitrogens is 5. The zero-order valence-corrected chi connectivity index (χ0v) is 39.5. The lowest BCUT2D eigenvalue weighted by Gasteiger charge is -2.35. The van der Waals surface area contributed by atoms with Crippen LogP contribution >= 0.6 is 0 Å². The van der Waals surface area contributed by atoms with Crippen molar-refractivity contribution in [3.05, 3.63) is 269 Å². The Morgan fingerprint density at radius 3 is 1.55 bits per heavy atom. The van der Waals surface area contributed by atoms with E-state index in [9.17, 15) is 0 Å². The van der Waals surface area contributed by atoms with Gasteiger partial charge in [0.15, 0.2) is 0 Å². The first-order chi connectivity index (χ1) is 36.2. The second-order valence-electron chi connectivity index (χ2n) is 19.2.